The Morgan fingerprint density at radius 3 is 2.77 bits per heavy atom. The normalized spacial score (nSPS) is 15.4. The number of carbonyl (C=O) groups is 3. The molecule has 0 unspecified atom stereocenters. The summed E-state index contributed by atoms with van der Waals surface area (Å²) in [5, 5.41) is 3.60. The Hall–Kier alpha value is -2.55. The van der Waals surface area contributed by atoms with E-state index in [1.165, 1.54) is 0 Å². The molecular formula is C21H15BrClN3O3S. The third-order valence-electron chi connectivity index (χ3n) is 4.59. The lowest BCUT2D eigenvalue weighted by atomic mass is 10.1. The smallest absolute Gasteiger partial charge is 0.294 e. The van der Waals surface area contributed by atoms with Crippen LogP contribution in [0.3, 0.4) is 0 Å². The Kier molecular flexibility index (Phi) is 5.73. The van der Waals surface area contributed by atoms with Crippen molar-refractivity contribution in [2.75, 3.05) is 11.9 Å². The highest BCUT2D eigenvalue weighted by Gasteiger charge is 2.36. The Labute approximate surface area is 190 Å². The molecule has 1 fully saturated rings. The number of imide groups is 1. The predicted molar refractivity (Wildman–Crippen MR) is 123 cm³/mol. The first kappa shape index (κ1) is 20.7. The number of carbonyl (C=O) groups excluding carboxylic acids is 3. The van der Waals surface area contributed by atoms with E-state index >= 15 is 0 Å². The number of thioether (sulfide) groups is 1. The maximum absolute atomic E-state index is 12.8. The van der Waals surface area contributed by atoms with E-state index in [1.807, 2.05) is 42.1 Å². The molecule has 6 nitrogen and oxygen atoms in total. The zero-order chi connectivity index (χ0) is 21.4. The Morgan fingerprint density at radius 1 is 1.23 bits per heavy atom. The molecular weight excluding hydrogens is 490 g/mol. The van der Waals surface area contributed by atoms with Gasteiger partial charge in [-0.3, -0.25) is 19.3 Å². The molecule has 152 valence electrons. The van der Waals surface area contributed by atoms with Gasteiger partial charge in [-0.25, -0.2) is 0 Å². The molecule has 3 amide bonds. The van der Waals surface area contributed by atoms with Crippen molar-refractivity contribution in [3.05, 3.63) is 68.6 Å². The highest BCUT2D eigenvalue weighted by molar-refractivity contribution is 9.10. The second kappa shape index (κ2) is 8.29. The SMILES string of the molecule is Cn1cc(/C=C2/SC(=O)N(CC(=O)Nc3ccc(Br)c(Cl)c3)C2=O)c2ccccc21. The monoisotopic (exact) mass is 503 g/mol. The lowest BCUT2D eigenvalue weighted by molar-refractivity contribution is -0.127. The van der Waals surface area contributed by atoms with Gasteiger partial charge in [-0.1, -0.05) is 29.8 Å². The van der Waals surface area contributed by atoms with Gasteiger partial charge in [0, 0.05) is 39.9 Å². The maximum Gasteiger partial charge on any atom is 0.294 e. The zero-order valence-corrected chi connectivity index (χ0v) is 18.8. The number of hydrogen-bond donors (Lipinski definition) is 1. The van der Waals surface area contributed by atoms with Crippen LogP contribution in [0, 0.1) is 0 Å². The van der Waals surface area contributed by atoms with Crippen LogP contribution in [0.5, 0.6) is 0 Å². The van der Waals surface area contributed by atoms with Gasteiger partial charge in [-0.05, 0) is 58.0 Å². The second-order valence-electron chi connectivity index (χ2n) is 6.66. The molecule has 1 aromatic heterocycles. The summed E-state index contributed by atoms with van der Waals surface area (Å²) < 4.78 is 2.66. The van der Waals surface area contributed by atoms with E-state index in [0.717, 1.165) is 33.1 Å². The Balaban J connectivity index is 1.51. The second-order valence-corrected chi connectivity index (χ2v) is 8.91. The molecule has 0 atom stereocenters. The molecule has 1 saturated heterocycles. The van der Waals surface area contributed by atoms with Gasteiger partial charge in [-0.2, -0.15) is 0 Å². The van der Waals surface area contributed by atoms with Crippen molar-refractivity contribution >= 4 is 79.0 Å². The van der Waals surface area contributed by atoms with Crippen molar-refractivity contribution < 1.29 is 14.4 Å². The number of fused-ring (bicyclic) bond motifs is 1. The molecule has 0 saturated carbocycles. The highest BCUT2D eigenvalue weighted by atomic mass is 79.9. The van der Waals surface area contributed by atoms with Crippen LogP contribution in [-0.4, -0.2) is 33.1 Å². The first-order valence-corrected chi connectivity index (χ1v) is 10.9. The third kappa shape index (κ3) is 4.03. The van der Waals surface area contributed by atoms with Crippen LogP contribution in [0.15, 0.2) is 58.0 Å². The van der Waals surface area contributed by atoms with Crippen molar-refractivity contribution in [1.82, 2.24) is 9.47 Å². The van der Waals surface area contributed by atoms with E-state index in [2.05, 4.69) is 21.2 Å². The molecule has 0 aliphatic carbocycles. The number of nitrogens with zero attached hydrogens (tertiary/aromatic N) is 2. The standard InChI is InChI=1S/C21H15BrClN3O3S/c1-25-10-12(14-4-2-3-5-17(14)25)8-18-20(28)26(21(29)30-18)11-19(27)24-13-6-7-15(22)16(23)9-13/h2-10H,11H2,1H3,(H,24,27)/b18-8+. The van der Waals surface area contributed by atoms with Crippen molar-refractivity contribution in [2.24, 2.45) is 7.05 Å². The maximum atomic E-state index is 12.8. The van der Waals surface area contributed by atoms with E-state index in [4.69, 9.17) is 11.6 Å². The summed E-state index contributed by atoms with van der Waals surface area (Å²) in [5.41, 5.74) is 2.34. The lowest BCUT2D eigenvalue weighted by Crippen LogP contribution is -2.36. The highest BCUT2D eigenvalue weighted by Crippen LogP contribution is 2.34. The molecule has 3 aromatic rings. The summed E-state index contributed by atoms with van der Waals surface area (Å²) in [7, 11) is 1.92. The number of benzene rings is 2. The van der Waals surface area contributed by atoms with Gasteiger partial charge >= 0.3 is 0 Å². The number of rotatable bonds is 4. The van der Waals surface area contributed by atoms with Gasteiger partial charge in [0.1, 0.15) is 6.54 Å². The molecule has 1 N–H and O–H groups in total. The number of halogens is 2. The van der Waals surface area contributed by atoms with Crippen molar-refractivity contribution in [1.29, 1.82) is 0 Å². The van der Waals surface area contributed by atoms with Crippen LogP contribution >= 0.6 is 39.3 Å². The van der Waals surface area contributed by atoms with Crippen LogP contribution < -0.4 is 5.32 Å². The minimum atomic E-state index is -0.484. The van der Waals surface area contributed by atoms with Crippen molar-refractivity contribution in [3.8, 4) is 0 Å². The molecule has 4 rings (SSSR count). The van der Waals surface area contributed by atoms with E-state index < -0.39 is 17.1 Å². The predicted octanol–water partition coefficient (Wildman–Crippen LogP) is 5.27. The number of anilines is 1. The summed E-state index contributed by atoms with van der Waals surface area (Å²) in [5.74, 6) is -0.968. The van der Waals surface area contributed by atoms with E-state index in [-0.39, 0.29) is 11.4 Å². The van der Waals surface area contributed by atoms with Gasteiger partial charge in [-0.15, -0.1) is 0 Å². The van der Waals surface area contributed by atoms with Gasteiger partial charge in [0.05, 0.1) is 9.93 Å². The van der Waals surface area contributed by atoms with Crippen LogP contribution in [0.4, 0.5) is 10.5 Å². The topological polar surface area (TPSA) is 71.4 Å². The average Bonchev–Trinajstić information content (AvgIpc) is 3.16. The fraction of sp³-hybridized carbons (Fsp3) is 0.0952. The minimum Gasteiger partial charge on any atom is -0.350 e. The molecule has 2 heterocycles. The van der Waals surface area contributed by atoms with Crippen molar-refractivity contribution in [2.45, 2.75) is 0 Å². The summed E-state index contributed by atoms with van der Waals surface area (Å²) in [4.78, 5) is 38.7. The number of aryl methyl sites for hydroxylation is 1. The quantitative estimate of drug-likeness (QED) is 0.492. The number of amides is 3. The van der Waals surface area contributed by atoms with Gasteiger partial charge in [0.25, 0.3) is 11.1 Å². The summed E-state index contributed by atoms with van der Waals surface area (Å²) in [6.45, 7) is -0.370. The van der Waals surface area contributed by atoms with Gasteiger partial charge < -0.3 is 9.88 Å². The minimum absolute atomic E-state index is 0.288. The average molecular weight is 505 g/mol. The number of nitrogens with one attached hydrogen (secondary N) is 1. The Bertz CT molecular complexity index is 1240. The van der Waals surface area contributed by atoms with E-state index in [1.54, 1.807) is 24.3 Å². The molecule has 0 radical (unpaired) electrons. The Morgan fingerprint density at radius 2 is 2.00 bits per heavy atom. The first-order valence-electron chi connectivity index (χ1n) is 8.88. The molecule has 9 heteroatoms. The largest absolute Gasteiger partial charge is 0.350 e. The van der Waals surface area contributed by atoms with Gasteiger partial charge in [0.15, 0.2) is 0 Å². The molecule has 1 aliphatic heterocycles. The first-order chi connectivity index (χ1) is 14.3. The van der Waals surface area contributed by atoms with Crippen LogP contribution in [0.25, 0.3) is 17.0 Å². The summed E-state index contributed by atoms with van der Waals surface area (Å²) in [6.07, 6.45) is 3.60. The number of para-hydroxylation sites is 1. The van der Waals surface area contributed by atoms with Crippen LogP contribution in [0.1, 0.15) is 5.56 Å². The number of hydrogen-bond acceptors (Lipinski definition) is 4. The van der Waals surface area contributed by atoms with Gasteiger partial charge in [0.2, 0.25) is 5.91 Å². The fourth-order valence-electron chi connectivity index (χ4n) is 3.18. The van der Waals surface area contributed by atoms with Crippen LogP contribution in [0.2, 0.25) is 5.02 Å². The molecule has 1 aliphatic rings. The molecule has 30 heavy (non-hydrogen) atoms. The lowest BCUT2D eigenvalue weighted by Gasteiger charge is -2.12. The van der Waals surface area contributed by atoms with Crippen LogP contribution in [-0.2, 0) is 16.6 Å². The molecule has 0 bridgehead atoms. The molecule has 0 spiro atoms. The third-order valence-corrected chi connectivity index (χ3v) is 6.73. The van der Waals surface area contributed by atoms with E-state index in [9.17, 15) is 14.4 Å². The number of aromatic nitrogens is 1. The van der Waals surface area contributed by atoms with Crippen molar-refractivity contribution in [3.63, 3.8) is 0 Å². The zero-order valence-electron chi connectivity index (χ0n) is 15.7. The summed E-state index contributed by atoms with van der Waals surface area (Å²) >= 11 is 10.1. The van der Waals surface area contributed by atoms with E-state index in [0.29, 0.717) is 15.2 Å². The molecule has 2 aromatic carbocycles. The summed E-state index contributed by atoms with van der Waals surface area (Å²) in [6, 6.07) is 12.8. The fourth-order valence-corrected chi connectivity index (χ4v) is 4.44.